The van der Waals surface area contributed by atoms with Gasteiger partial charge < -0.3 is 10.1 Å². The Morgan fingerprint density at radius 3 is 2.75 bits per heavy atom. The van der Waals surface area contributed by atoms with E-state index < -0.39 is 0 Å². The van der Waals surface area contributed by atoms with Crippen LogP contribution in [0.5, 0.6) is 5.88 Å². The normalized spacial score (nSPS) is 16.4. The number of ether oxygens (including phenoxy) is 1. The molecule has 0 saturated heterocycles. The largest absolute Gasteiger partial charge is 0.474 e. The quantitative estimate of drug-likeness (QED) is 0.848. The van der Waals surface area contributed by atoms with Crippen LogP contribution in [0, 0.1) is 0 Å². The van der Waals surface area contributed by atoms with Gasteiger partial charge in [0.2, 0.25) is 5.88 Å². The Morgan fingerprint density at radius 1 is 1.38 bits per heavy atom. The van der Waals surface area contributed by atoms with E-state index in [4.69, 9.17) is 4.74 Å². The number of aromatic nitrogens is 2. The Morgan fingerprint density at radius 2 is 2.12 bits per heavy atom. The maximum Gasteiger partial charge on any atom is 0.222 e. The predicted octanol–water partition coefficient (Wildman–Crippen LogP) is 2.40. The van der Waals surface area contributed by atoms with Gasteiger partial charge in [-0.3, -0.25) is 0 Å². The van der Waals surface area contributed by atoms with Gasteiger partial charge in [-0.05, 0) is 32.1 Å². The fourth-order valence-corrected chi connectivity index (χ4v) is 2.20. The SMILES string of the molecule is CCc1c(NC)ncnc1OC1CCCC1. The molecule has 4 nitrogen and oxygen atoms in total. The Bertz CT molecular complexity index is 348. The highest BCUT2D eigenvalue weighted by molar-refractivity contribution is 5.48. The summed E-state index contributed by atoms with van der Waals surface area (Å²) in [7, 11) is 1.88. The lowest BCUT2D eigenvalue weighted by Crippen LogP contribution is -2.14. The molecule has 1 fully saturated rings. The molecule has 1 heterocycles. The van der Waals surface area contributed by atoms with Gasteiger partial charge in [0.25, 0.3) is 0 Å². The lowest BCUT2D eigenvalue weighted by atomic mass is 10.2. The van der Waals surface area contributed by atoms with Gasteiger partial charge in [0.05, 0.1) is 5.56 Å². The topological polar surface area (TPSA) is 47.0 Å². The summed E-state index contributed by atoms with van der Waals surface area (Å²) in [5, 5.41) is 3.08. The molecule has 0 aliphatic heterocycles. The van der Waals surface area contributed by atoms with Crippen molar-refractivity contribution in [1.29, 1.82) is 0 Å². The van der Waals surface area contributed by atoms with E-state index in [1.807, 2.05) is 7.05 Å². The molecule has 1 N–H and O–H groups in total. The predicted molar refractivity (Wildman–Crippen MR) is 63.8 cm³/mol. The second kappa shape index (κ2) is 5.14. The third kappa shape index (κ3) is 2.26. The number of anilines is 1. The molecule has 0 amide bonds. The van der Waals surface area contributed by atoms with Crippen molar-refractivity contribution in [1.82, 2.24) is 9.97 Å². The van der Waals surface area contributed by atoms with E-state index in [9.17, 15) is 0 Å². The van der Waals surface area contributed by atoms with Gasteiger partial charge in [-0.1, -0.05) is 6.92 Å². The third-order valence-electron chi connectivity index (χ3n) is 3.08. The molecule has 1 aromatic rings. The van der Waals surface area contributed by atoms with E-state index in [1.54, 1.807) is 6.33 Å². The van der Waals surface area contributed by atoms with Crippen molar-refractivity contribution < 1.29 is 4.74 Å². The van der Waals surface area contributed by atoms with Crippen molar-refractivity contribution >= 4 is 5.82 Å². The van der Waals surface area contributed by atoms with Crippen LogP contribution in [-0.2, 0) is 6.42 Å². The van der Waals surface area contributed by atoms with Crippen LogP contribution in [0.15, 0.2) is 6.33 Å². The number of hydrogen-bond acceptors (Lipinski definition) is 4. The van der Waals surface area contributed by atoms with Crippen LogP contribution in [0.3, 0.4) is 0 Å². The second-order valence-corrected chi connectivity index (χ2v) is 4.13. The van der Waals surface area contributed by atoms with Gasteiger partial charge >= 0.3 is 0 Å². The maximum atomic E-state index is 5.95. The molecule has 2 rings (SSSR count). The Balaban J connectivity index is 2.18. The minimum atomic E-state index is 0.352. The standard InChI is InChI=1S/C12H19N3O/c1-3-10-11(13-2)14-8-15-12(10)16-9-6-4-5-7-9/h8-9H,3-7H2,1-2H3,(H,13,14,15). The maximum absolute atomic E-state index is 5.95. The minimum Gasteiger partial charge on any atom is -0.474 e. The summed E-state index contributed by atoms with van der Waals surface area (Å²) in [5.74, 6) is 1.64. The van der Waals surface area contributed by atoms with Crippen molar-refractivity contribution in [3.05, 3.63) is 11.9 Å². The van der Waals surface area contributed by atoms with Gasteiger partial charge in [-0.25, -0.2) is 9.97 Å². The number of rotatable bonds is 4. The molecule has 0 aromatic carbocycles. The highest BCUT2D eigenvalue weighted by atomic mass is 16.5. The first kappa shape index (κ1) is 11.2. The molecule has 1 saturated carbocycles. The first-order valence-corrected chi connectivity index (χ1v) is 6.03. The summed E-state index contributed by atoms with van der Waals surface area (Å²) < 4.78 is 5.95. The molecule has 0 spiro atoms. The van der Waals surface area contributed by atoms with Crippen LogP contribution in [0.2, 0.25) is 0 Å². The van der Waals surface area contributed by atoms with Crippen LogP contribution in [0.1, 0.15) is 38.2 Å². The number of nitrogens with one attached hydrogen (secondary N) is 1. The van der Waals surface area contributed by atoms with Gasteiger partial charge in [-0.15, -0.1) is 0 Å². The molecule has 0 atom stereocenters. The summed E-state index contributed by atoms with van der Waals surface area (Å²) in [5.41, 5.74) is 1.08. The summed E-state index contributed by atoms with van der Waals surface area (Å²) >= 11 is 0. The van der Waals surface area contributed by atoms with E-state index in [-0.39, 0.29) is 0 Å². The molecule has 0 bridgehead atoms. The zero-order chi connectivity index (χ0) is 11.4. The van der Waals surface area contributed by atoms with E-state index in [0.717, 1.165) is 36.5 Å². The third-order valence-corrected chi connectivity index (χ3v) is 3.08. The molecular weight excluding hydrogens is 202 g/mol. The highest BCUT2D eigenvalue weighted by Crippen LogP contribution is 2.27. The molecule has 0 unspecified atom stereocenters. The molecule has 0 radical (unpaired) electrons. The van der Waals surface area contributed by atoms with E-state index >= 15 is 0 Å². The van der Waals surface area contributed by atoms with Crippen LogP contribution < -0.4 is 10.1 Å². The smallest absolute Gasteiger partial charge is 0.222 e. The summed E-state index contributed by atoms with van der Waals surface area (Å²) in [6.45, 7) is 2.10. The second-order valence-electron chi connectivity index (χ2n) is 4.13. The average Bonchev–Trinajstić information content (AvgIpc) is 2.81. The zero-order valence-electron chi connectivity index (χ0n) is 9.99. The lowest BCUT2D eigenvalue weighted by molar-refractivity contribution is 0.199. The van der Waals surface area contributed by atoms with Crippen LogP contribution in [0.4, 0.5) is 5.82 Å². The molecule has 16 heavy (non-hydrogen) atoms. The Labute approximate surface area is 96.4 Å². The molecular formula is C12H19N3O. The fourth-order valence-electron chi connectivity index (χ4n) is 2.20. The Hall–Kier alpha value is -1.32. The first-order chi connectivity index (χ1) is 7.85. The fraction of sp³-hybridized carbons (Fsp3) is 0.667. The first-order valence-electron chi connectivity index (χ1n) is 6.03. The van der Waals surface area contributed by atoms with Gasteiger partial charge in [0.1, 0.15) is 18.2 Å². The van der Waals surface area contributed by atoms with Gasteiger partial charge in [0.15, 0.2) is 0 Å². The zero-order valence-corrected chi connectivity index (χ0v) is 9.99. The average molecular weight is 221 g/mol. The highest BCUT2D eigenvalue weighted by Gasteiger charge is 2.19. The number of hydrogen-bond donors (Lipinski definition) is 1. The lowest BCUT2D eigenvalue weighted by Gasteiger charge is -2.16. The van der Waals surface area contributed by atoms with Crippen molar-refractivity contribution in [2.45, 2.75) is 45.1 Å². The van der Waals surface area contributed by atoms with Crippen LogP contribution in [0.25, 0.3) is 0 Å². The van der Waals surface area contributed by atoms with Crippen molar-refractivity contribution in [2.24, 2.45) is 0 Å². The van der Waals surface area contributed by atoms with Crippen molar-refractivity contribution in [2.75, 3.05) is 12.4 Å². The summed E-state index contributed by atoms with van der Waals surface area (Å²) in [4.78, 5) is 8.45. The van der Waals surface area contributed by atoms with E-state index in [2.05, 4.69) is 22.2 Å². The van der Waals surface area contributed by atoms with Gasteiger partial charge in [0, 0.05) is 7.05 Å². The van der Waals surface area contributed by atoms with E-state index in [0.29, 0.717) is 6.10 Å². The van der Waals surface area contributed by atoms with Crippen molar-refractivity contribution in [3.63, 3.8) is 0 Å². The van der Waals surface area contributed by atoms with Gasteiger partial charge in [-0.2, -0.15) is 0 Å². The van der Waals surface area contributed by atoms with Crippen molar-refractivity contribution in [3.8, 4) is 5.88 Å². The summed E-state index contributed by atoms with van der Waals surface area (Å²) in [6, 6.07) is 0. The summed E-state index contributed by atoms with van der Waals surface area (Å²) in [6.07, 6.45) is 7.66. The monoisotopic (exact) mass is 221 g/mol. The van der Waals surface area contributed by atoms with Crippen LogP contribution in [-0.4, -0.2) is 23.1 Å². The molecule has 88 valence electrons. The molecule has 4 heteroatoms. The molecule has 1 aliphatic rings. The molecule has 1 aromatic heterocycles. The molecule has 1 aliphatic carbocycles. The Kier molecular flexibility index (Phi) is 3.59. The number of nitrogens with zero attached hydrogens (tertiary/aromatic N) is 2. The minimum absolute atomic E-state index is 0.352. The van der Waals surface area contributed by atoms with E-state index in [1.165, 1.54) is 12.8 Å². The van der Waals surface area contributed by atoms with Crippen LogP contribution >= 0.6 is 0 Å².